The smallest absolute Gasteiger partial charge is 0.264 e. The van der Waals surface area contributed by atoms with Crippen molar-refractivity contribution < 1.29 is 19.1 Å². The molecule has 0 fully saturated rings. The van der Waals surface area contributed by atoms with Gasteiger partial charge in [0, 0.05) is 0 Å². The molecule has 0 radical (unpaired) electrons. The molecule has 1 aliphatic heterocycles. The maximum absolute atomic E-state index is 12.4. The summed E-state index contributed by atoms with van der Waals surface area (Å²) < 4.78 is 5.50. The van der Waals surface area contributed by atoms with Crippen molar-refractivity contribution in [1.29, 1.82) is 0 Å². The summed E-state index contributed by atoms with van der Waals surface area (Å²) >= 11 is 1.10. The van der Waals surface area contributed by atoms with E-state index in [1.54, 1.807) is 24.3 Å². The van der Waals surface area contributed by atoms with Gasteiger partial charge in [-0.2, -0.15) is 0 Å². The Morgan fingerprint density at radius 3 is 2.35 bits per heavy atom. The lowest BCUT2D eigenvalue weighted by Crippen LogP contribution is -2.29. The molecule has 0 saturated heterocycles. The summed E-state index contributed by atoms with van der Waals surface area (Å²) in [7, 11) is 0. The van der Waals surface area contributed by atoms with E-state index in [0.29, 0.717) is 21.9 Å². The second-order valence-electron chi connectivity index (χ2n) is 6.97. The largest absolute Gasteiger partial charge is 0.484 e. The van der Waals surface area contributed by atoms with Gasteiger partial charge in [-0.25, -0.2) is 0 Å². The first kappa shape index (κ1) is 20.7. The predicted octanol–water partition coefficient (Wildman–Crippen LogP) is 3.30. The van der Waals surface area contributed by atoms with Gasteiger partial charge in [-0.05, 0) is 36.2 Å². The van der Waals surface area contributed by atoms with Crippen molar-refractivity contribution in [2.24, 2.45) is 0 Å². The number of hydrogen-bond acceptors (Lipinski definition) is 7. The van der Waals surface area contributed by atoms with Crippen LogP contribution in [0, 0.1) is 0 Å². The van der Waals surface area contributed by atoms with E-state index < -0.39 is 0 Å². The number of aryl methyl sites for hydroxylation is 1. The first-order chi connectivity index (χ1) is 15.0. The predicted molar refractivity (Wildman–Crippen MR) is 115 cm³/mol. The Morgan fingerprint density at radius 2 is 1.71 bits per heavy atom. The van der Waals surface area contributed by atoms with Crippen molar-refractivity contribution >= 4 is 34.2 Å². The van der Waals surface area contributed by atoms with Crippen molar-refractivity contribution in [1.82, 2.24) is 15.1 Å². The van der Waals surface area contributed by atoms with Crippen LogP contribution in [0.1, 0.15) is 44.6 Å². The number of nitrogens with zero attached hydrogens (tertiary/aromatic N) is 3. The van der Waals surface area contributed by atoms with Crippen LogP contribution in [0.4, 0.5) is 5.13 Å². The van der Waals surface area contributed by atoms with E-state index in [4.69, 9.17) is 4.74 Å². The molecule has 9 heteroatoms. The van der Waals surface area contributed by atoms with Crippen LogP contribution in [-0.2, 0) is 17.8 Å². The minimum atomic E-state index is -0.374. The average molecular weight is 436 g/mol. The summed E-state index contributed by atoms with van der Waals surface area (Å²) in [5.41, 5.74) is 1.98. The molecule has 2 heterocycles. The van der Waals surface area contributed by atoms with Crippen LogP contribution in [-0.4, -0.2) is 39.4 Å². The lowest BCUT2D eigenvalue weighted by Gasteiger charge is -2.10. The maximum Gasteiger partial charge on any atom is 0.264 e. The molecule has 0 bridgehead atoms. The standard InChI is InChI=1S/C22H20N4O4S/c1-2-5-14-8-10-15(11-9-14)30-13-18(27)23-22-25-24-19(31-22)12-26-20(28)16-6-3-4-7-17(16)21(26)29/h3-4,6-11H,2,5,12-13H2,1H3,(H,23,25,27). The van der Waals surface area contributed by atoms with Crippen LogP contribution < -0.4 is 10.1 Å². The Bertz CT molecular complexity index is 1090. The van der Waals surface area contributed by atoms with Gasteiger partial charge in [0.1, 0.15) is 10.8 Å². The molecule has 2 aromatic carbocycles. The molecule has 3 aromatic rings. The molecular weight excluding hydrogens is 416 g/mol. The topological polar surface area (TPSA) is 101 Å². The monoisotopic (exact) mass is 436 g/mol. The number of fused-ring (bicyclic) bond motifs is 1. The van der Waals surface area contributed by atoms with Crippen molar-refractivity contribution in [3.05, 3.63) is 70.2 Å². The number of benzene rings is 2. The third kappa shape index (κ3) is 4.61. The molecule has 0 spiro atoms. The first-order valence-electron chi connectivity index (χ1n) is 9.84. The number of amides is 3. The minimum Gasteiger partial charge on any atom is -0.484 e. The fourth-order valence-electron chi connectivity index (χ4n) is 3.23. The lowest BCUT2D eigenvalue weighted by molar-refractivity contribution is -0.118. The van der Waals surface area contributed by atoms with Gasteiger partial charge in [0.25, 0.3) is 17.7 Å². The molecule has 8 nitrogen and oxygen atoms in total. The van der Waals surface area contributed by atoms with Crippen LogP contribution in [0.2, 0.25) is 0 Å². The highest BCUT2D eigenvalue weighted by atomic mass is 32.1. The fraction of sp³-hybridized carbons (Fsp3) is 0.227. The third-order valence-electron chi connectivity index (χ3n) is 4.72. The Morgan fingerprint density at radius 1 is 1.03 bits per heavy atom. The molecule has 4 rings (SSSR count). The summed E-state index contributed by atoms with van der Waals surface area (Å²) in [6, 6.07) is 14.3. The number of nitrogens with one attached hydrogen (secondary N) is 1. The Kier molecular flexibility index (Phi) is 6.03. The van der Waals surface area contributed by atoms with Crippen LogP contribution in [0.25, 0.3) is 0 Å². The molecule has 0 unspecified atom stereocenters. The molecule has 3 amide bonds. The zero-order valence-electron chi connectivity index (χ0n) is 16.8. The molecule has 158 valence electrons. The molecule has 1 aromatic heterocycles. The Labute approximate surface area is 182 Å². The van der Waals surface area contributed by atoms with Gasteiger partial charge >= 0.3 is 0 Å². The van der Waals surface area contributed by atoms with Gasteiger partial charge in [0.15, 0.2) is 6.61 Å². The van der Waals surface area contributed by atoms with E-state index in [1.165, 1.54) is 5.56 Å². The Hall–Kier alpha value is -3.59. The molecule has 1 aliphatic rings. The summed E-state index contributed by atoms with van der Waals surface area (Å²) in [4.78, 5) is 38.2. The first-order valence-corrected chi connectivity index (χ1v) is 10.7. The summed E-state index contributed by atoms with van der Waals surface area (Å²) in [6.07, 6.45) is 2.07. The number of hydrogen-bond donors (Lipinski definition) is 1. The van der Waals surface area contributed by atoms with Crippen LogP contribution in [0.3, 0.4) is 0 Å². The van der Waals surface area contributed by atoms with E-state index in [1.807, 2.05) is 24.3 Å². The highest BCUT2D eigenvalue weighted by molar-refractivity contribution is 7.15. The second kappa shape index (κ2) is 9.05. The number of carbonyl (C=O) groups is 3. The third-order valence-corrected chi connectivity index (χ3v) is 5.54. The highest BCUT2D eigenvalue weighted by Crippen LogP contribution is 2.26. The van der Waals surface area contributed by atoms with E-state index >= 15 is 0 Å². The van der Waals surface area contributed by atoms with Crippen LogP contribution >= 0.6 is 11.3 Å². The zero-order chi connectivity index (χ0) is 21.8. The SMILES string of the molecule is CCCc1ccc(OCC(=O)Nc2nnc(CN3C(=O)c4ccccc4C3=O)s2)cc1. The molecule has 0 atom stereocenters. The zero-order valence-corrected chi connectivity index (χ0v) is 17.6. The number of anilines is 1. The number of ether oxygens (including phenoxy) is 1. The molecule has 1 N–H and O–H groups in total. The second-order valence-corrected chi connectivity index (χ2v) is 8.04. The van der Waals surface area contributed by atoms with E-state index in [2.05, 4.69) is 22.4 Å². The molecule has 0 saturated carbocycles. The van der Waals surface area contributed by atoms with Crippen LogP contribution in [0.15, 0.2) is 48.5 Å². The van der Waals surface area contributed by atoms with Gasteiger partial charge in [-0.3, -0.25) is 24.6 Å². The van der Waals surface area contributed by atoms with E-state index in [9.17, 15) is 14.4 Å². The number of aromatic nitrogens is 2. The summed E-state index contributed by atoms with van der Waals surface area (Å²) in [5, 5.41) is 11.2. The van der Waals surface area contributed by atoms with E-state index in [0.717, 1.165) is 29.1 Å². The number of imide groups is 1. The van der Waals surface area contributed by atoms with Gasteiger partial charge in [0.05, 0.1) is 17.7 Å². The van der Waals surface area contributed by atoms with Gasteiger partial charge in [-0.1, -0.05) is 48.9 Å². The van der Waals surface area contributed by atoms with E-state index in [-0.39, 0.29) is 36.0 Å². The normalized spacial score (nSPS) is 12.7. The van der Waals surface area contributed by atoms with Crippen LogP contribution in [0.5, 0.6) is 5.75 Å². The number of carbonyl (C=O) groups excluding carboxylic acids is 3. The average Bonchev–Trinajstić information content (AvgIpc) is 3.32. The fourth-order valence-corrected chi connectivity index (χ4v) is 3.98. The maximum atomic E-state index is 12.4. The number of rotatable bonds is 8. The molecular formula is C22H20N4O4S. The van der Waals surface area contributed by atoms with Crippen molar-refractivity contribution in [3.63, 3.8) is 0 Å². The Balaban J connectivity index is 1.30. The summed E-state index contributed by atoms with van der Waals surface area (Å²) in [5.74, 6) is -0.487. The lowest BCUT2D eigenvalue weighted by atomic mass is 10.1. The summed E-state index contributed by atoms with van der Waals surface area (Å²) in [6.45, 7) is 1.95. The minimum absolute atomic E-state index is 0.000489. The van der Waals surface area contributed by atoms with Crippen molar-refractivity contribution in [3.8, 4) is 5.75 Å². The van der Waals surface area contributed by atoms with Gasteiger partial charge in [-0.15, -0.1) is 10.2 Å². The molecule has 0 aliphatic carbocycles. The quantitative estimate of drug-likeness (QED) is 0.544. The van der Waals surface area contributed by atoms with Crippen molar-refractivity contribution in [2.75, 3.05) is 11.9 Å². The van der Waals surface area contributed by atoms with Gasteiger partial charge in [0.2, 0.25) is 5.13 Å². The van der Waals surface area contributed by atoms with Gasteiger partial charge < -0.3 is 4.74 Å². The highest BCUT2D eigenvalue weighted by Gasteiger charge is 2.35. The van der Waals surface area contributed by atoms with Crippen molar-refractivity contribution in [2.45, 2.75) is 26.3 Å². The molecule has 31 heavy (non-hydrogen) atoms.